The Balaban J connectivity index is 1.95. The van der Waals surface area contributed by atoms with E-state index in [1.807, 2.05) is 18.2 Å². The van der Waals surface area contributed by atoms with Gasteiger partial charge in [-0.15, -0.1) is 0 Å². The highest BCUT2D eigenvalue weighted by Crippen LogP contribution is 2.31. The van der Waals surface area contributed by atoms with Crippen LogP contribution in [0.5, 0.6) is 5.75 Å². The van der Waals surface area contributed by atoms with Gasteiger partial charge in [0.1, 0.15) is 5.75 Å². The van der Waals surface area contributed by atoms with Crippen LogP contribution in [0.3, 0.4) is 0 Å². The van der Waals surface area contributed by atoms with Gasteiger partial charge in [0, 0.05) is 18.0 Å². The van der Waals surface area contributed by atoms with Gasteiger partial charge in [-0.25, -0.2) is 0 Å². The lowest BCUT2D eigenvalue weighted by molar-refractivity contribution is 0.236. The van der Waals surface area contributed by atoms with Gasteiger partial charge in [0.05, 0.1) is 19.2 Å². The predicted octanol–water partition coefficient (Wildman–Crippen LogP) is 2.14. The molecule has 3 N–H and O–H groups in total. The van der Waals surface area contributed by atoms with Crippen molar-refractivity contribution in [3.05, 3.63) is 29.8 Å². The Kier molecular flexibility index (Phi) is 6.07. The molecular formula is C17H28N4O. The molecule has 0 aliphatic carbocycles. The Labute approximate surface area is 133 Å². The maximum absolute atomic E-state index is 6.07. The lowest BCUT2D eigenvalue weighted by atomic mass is 10.0. The predicted molar refractivity (Wildman–Crippen MR) is 91.3 cm³/mol. The van der Waals surface area contributed by atoms with E-state index in [4.69, 9.17) is 10.5 Å². The van der Waals surface area contributed by atoms with E-state index in [0.717, 1.165) is 30.8 Å². The highest BCUT2D eigenvalue weighted by Gasteiger charge is 2.21. The number of nitrogens with one attached hydrogen (secondary N) is 1. The van der Waals surface area contributed by atoms with Crippen LogP contribution in [-0.4, -0.2) is 43.1 Å². The molecule has 1 heterocycles. The monoisotopic (exact) mass is 304 g/mol. The Morgan fingerprint density at radius 1 is 1.41 bits per heavy atom. The van der Waals surface area contributed by atoms with Crippen LogP contribution in [0.25, 0.3) is 0 Å². The van der Waals surface area contributed by atoms with Crippen LogP contribution in [-0.2, 0) is 0 Å². The van der Waals surface area contributed by atoms with Crippen molar-refractivity contribution in [2.24, 2.45) is 10.7 Å². The minimum atomic E-state index is 0.178. The average molecular weight is 304 g/mol. The van der Waals surface area contributed by atoms with Crippen molar-refractivity contribution in [2.45, 2.75) is 39.3 Å². The number of nitrogens with two attached hydrogens (primary N) is 1. The van der Waals surface area contributed by atoms with Gasteiger partial charge in [-0.2, -0.15) is 0 Å². The molecule has 0 spiro atoms. The van der Waals surface area contributed by atoms with E-state index in [9.17, 15) is 0 Å². The van der Waals surface area contributed by atoms with Crippen LogP contribution in [0.4, 0.5) is 0 Å². The summed E-state index contributed by atoms with van der Waals surface area (Å²) in [7, 11) is 0. The van der Waals surface area contributed by atoms with E-state index < -0.39 is 0 Å². The summed E-state index contributed by atoms with van der Waals surface area (Å²) < 4.78 is 5.67. The number of hydrogen-bond acceptors (Lipinski definition) is 3. The summed E-state index contributed by atoms with van der Waals surface area (Å²) >= 11 is 0. The number of para-hydroxylation sites is 1. The van der Waals surface area contributed by atoms with E-state index >= 15 is 0 Å². The van der Waals surface area contributed by atoms with Crippen molar-refractivity contribution < 1.29 is 4.74 Å². The molecule has 0 saturated heterocycles. The first-order chi connectivity index (χ1) is 10.7. The molecule has 0 saturated carbocycles. The Hall–Kier alpha value is -1.75. The van der Waals surface area contributed by atoms with Gasteiger partial charge >= 0.3 is 0 Å². The van der Waals surface area contributed by atoms with Crippen LogP contribution in [0.1, 0.15) is 38.8 Å². The Bertz CT molecular complexity index is 499. The fourth-order valence-corrected chi connectivity index (χ4v) is 2.91. The molecule has 22 heavy (non-hydrogen) atoms. The summed E-state index contributed by atoms with van der Waals surface area (Å²) in [5.74, 6) is 1.45. The molecule has 0 fully saturated rings. The number of ether oxygens (including phenoxy) is 1. The maximum Gasteiger partial charge on any atom is 0.189 e. The van der Waals surface area contributed by atoms with Crippen LogP contribution in [0.15, 0.2) is 29.3 Å². The highest BCUT2D eigenvalue weighted by atomic mass is 16.5. The van der Waals surface area contributed by atoms with E-state index in [0.29, 0.717) is 25.2 Å². The summed E-state index contributed by atoms with van der Waals surface area (Å²) in [6.45, 7) is 10.0. The second-order valence-corrected chi connectivity index (χ2v) is 5.67. The zero-order chi connectivity index (χ0) is 15.9. The number of likely N-dealkylation sites (N-methyl/N-ethyl adjacent to an activating group) is 1. The van der Waals surface area contributed by atoms with Crippen LogP contribution in [0, 0.1) is 0 Å². The number of rotatable bonds is 6. The number of hydrogen-bond donors (Lipinski definition) is 2. The third-order valence-electron chi connectivity index (χ3n) is 4.24. The molecule has 0 amide bonds. The smallest absolute Gasteiger partial charge is 0.189 e. The first kappa shape index (κ1) is 16.6. The molecule has 1 aliphatic rings. The lowest BCUT2D eigenvalue weighted by Gasteiger charge is -2.27. The van der Waals surface area contributed by atoms with Crippen molar-refractivity contribution in [1.29, 1.82) is 0 Å². The molecule has 2 rings (SSSR count). The topological polar surface area (TPSA) is 62.9 Å². The molecule has 0 bridgehead atoms. The molecule has 5 heteroatoms. The molecule has 122 valence electrons. The fourth-order valence-electron chi connectivity index (χ4n) is 2.91. The van der Waals surface area contributed by atoms with E-state index in [2.05, 4.69) is 42.0 Å². The summed E-state index contributed by atoms with van der Waals surface area (Å²) in [4.78, 5) is 6.88. The molecule has 0 aromatic heterocycles. The van der Waals surface area contributed by atoms with Crippen molar-refractivity contribution in [1.82, 2.24) is 10.2 Å². The van der Waals surface area contributed by atoms with Crippen molar-refractivity contribution in [3.8, 4) is 5.75 Å². The van der Waals surface area contributed by atoms with Crippen molar-refractivity contribution in [3.63, 3.8) is 0 Å². The summed E-state index contributed by atoms with van der Waals surface area (Å²) in [5.41, 5.74) is 7.23. The number of nitrogens with zero attached hydrogens (tertiary/aromatic N) is 2. The first-order valence-electron chi connectivity index (χ1n) is 8.17. The van der Waals surface area contributed by atoms with Crippen LogP contribution < -0.4 is 15.8 Å². The fraction of sp³-hybridized carbons (Fsp3) is 0.588. The zero-order valence-electron chi connectivity index (χ0n) is 13.9. The SMILES string of the molecule is CCN(CC)C(C)CN=C(N)NC1CCOc2ccccc21. The van der Waals surface area contributed by atoms with Gasteiger partial charge in [-0.05, 0) is 26.1 Å². The lowest BCUT2D eigenvalue weighted by Crippen LogP contribution is -2.39. The van der Waals surface area contributed by atoms with Crippen molar-refractivity contribution >= 4 is 5.96 Å². The largest absolute Gasteiger partial charge is 0.493 e. The molecule has 2 unspecified atom stereocenters. The van der Waals surface area contributed by atoms with Gasteiger partial charge in [-0.3, -0.25) is 9.89 Å². The summed E-state index contributed by atoms with van der Waals surface area (Å²) in [5, 5.41) is 3.33. The molecule has 0 radical (unpaired) electrons. The van der Waals surface area contributed by atoms with Crippen LogP contribution >= 0.6 is 0 Å². The van der Waals surface area contributed by atoms with E-state index in [1.165, 1.54) is 0 Å². The molecule has 5 nitrogen and oxygen atoms in total. The number of fused-ring (bicyclic) bond motifs is 1. The van der Waals surface area contributed by atoms with Crippen LogP contribution in [0.2, 0.25) is 0 Å². The third-order valence-corrected chi connectivity index (χ3v) is 4.24. The van der Waals surface area contributed by atoms with Crippen molar-refractivity contribution in [2.75, 3.05) is 26.2 Å². The Morgan fingerprint density at radius 3 is 2.86 bits per heavy atom. The molecule has 1 aromatic carbocycles. The standard InChI is InChI=1S/C17H28N4O/c1-4-21(5-2)13(3)12-19-17(18)20-15-10-11-22-16-9-7-6-8-14(15)16/h6-9,13,15H,4-5,10-12H2,1-3H3,(H3,18,19,20). The molecule has 1 aromatic rings. The normalized spacial score (nSPS) is 19.5. The van der Waals surface area contributed by atoms with Gasteiger partial charge in [0.15, 0.2) is 5.96 Å². The van der Waals surface area contributed by atoms with Gasteiger partial charge in [-0.1, -0.05) is 32.0 Å². The molecule has 1 aliphatic heterocycles. The average Bonchev–Trinajstić information content (AvgIpc) is 2.54. The number of benzene rings is 1. The number of aliphatic imine (C=N–C) groups is 1. The summed E-state index contributed by atoms with van der Waals surface area (Å²) in [6, 6.07) is 8.68. The second kappa shape index (κ2) is 8.03. The van der Waals surface area contributed by atoms with E-state index in [1.54, 1.807) is 0 Å². The third kappa shape index (κ3) is 4.13. The van der Waals surface area contributed by atoms with Gasteiger partial charge in [0.25, 0.3) is 0 Å². The van der Waals surface area contributed by atoms with E-state index in [-0.39, 0.29) is 6.04 Å². The maximum atomic E-state index is 6.07. The second-order valence-electron chi connectivity index (χ2n) is 5.67. The van der Waals surface area contributed by atoms with Gasteiger partial charge < -0.3 is 15.8 Å². The quantitative estimate of drug-likeness (QED) is 0.624. The summed E-state index contributed by atoms with van der Waals surface area (Å²) in [6.07, 6.45) is 0.902. The first-order valence-corrected chi connectivity index (χ1v) is 8.17. The zero-order valence-corrected chi connectivity index (χ0v) is 13.9. The minimum absolute atomic E-state index is 0.178. The minimum Gasteiger partial charge on any atom is -0.493 e. The molecule has 2 atom stereocenters. The molecular weight excluding hydrogens is 276 g/mol. The number of guanidine groups is 1. The van der Waals surface area contributed by atoms with Gasteiger partial charge in [0.2, 0.25) is 0 Å². The highest BCUT2D eigenvalue weighted by molar-refractivity contribution is 5.78. The Morgan fingerprint density at radius 2 is 2.14 bits per heavy atom.